The van der Waals surface area contributed by atoms with Gasteiger partial charge in [0, 0.05) is 35.5 Å². The van der Waals surface area contributed by atoms with E-state index in [9.17, 15) is 14.7 Å². The molecule has 3 N–H and O–H groups in total. The highest BCUT2D eigenvalue weighted by Gasteiger charge is 2.66. The number of nitrogens with zero attached hydrogens (tertiary/aromatic N) is 4. The molecule has 3 aliphatic heterocycles. The molecule has 0 saturated carbocycles. The predicted octanol–water partition coefficient (Wildman–Crippen LogP) is 5.50. The van der Waals surface area contributed by atoms with Gasteiger partial charge < -0.3 is 29.5 Å². The number of para-hydroxylation sites is 1. The fraction of sp³-hybridized carbons (Fsp3) is 0.421. The number of aliphatic hydroxyl groups excluding tert-OH is 1. The van der Waals surface area contributed by atoms with Crippen LogP contribution in [0.25, 0.3) is 0 Å². The first-order valence-electron chi connectivity index (χ1n) is 17.6. The Bertz CT molecular complexity index is 1830. The molecule has 4 heterocycles. The molecule has 1 aromatic heterocycles. The summed E-state index contributed by atoms with van der Waals surface area (Å²) in [5.41, 5.74) is 3.00. The van der Waals surface area contributed by atoms with Crippen molar-refractivity contribution in [2.75, 3.05) is 23.4 Å². The minimum Gasteiger partial charge on any atom is -0.395 e. The van der Waals surface area contributed by atoms with Crippen LogP contribution in [-0.4, -0.2) is 65.6 Å². The van der Waals surface area contributed by atoms with E-state index < -0.39 is 31.6 Å². The van der Waals surface area contributed by atoms with E-state index in [0.29, 0.717) is 30.9 Å². The Balaban J connectivity index is 1.10. The zero-order valence-electron chi connectivity index (χ0n) is 28.8. The molecule has 3 aromatic carbocycles. The molecular weight excluding hydrogens is 652 g/mol. The standard InChI is InChI=1S/C38H45FN6O4Si/c1-25-35(50(2,3)39)34(19-21-44-23-32(42-43-44)29(24-46)27-10-5-4-6-11-27)49-38(25)30-12-7-8-14-33(30)45(37(38)48)22-26-15-17-28(18-16-26)41-36(47)31-13-9-20-40-31/h4-8,10-12,14-18,23,25,29,31,34-35,40,46H,9,13,19-22,24H2,1-3H3,(H,41,47)/t25-,29?,31+,34+,35-,38+/m0/s1. The summed E-state index contributed by atoms with van der Waals surface area (Å²) in [7, 11) is -3.33. The Morgan fingerprint density at radius 3 is 2.56 bits per heavy atom. The number of carbonyl (C=O) groups is 2. The number of aryl methyl sites for hydroxylation is 1. The molecule has 1 unspecified atom stereocenters. The first-order valence-corrected chi connectivity index (χ1v) is 20.5. The number of hydrogen-bond donors (Lipinski definition) is 3. The number of aliphatic hydroxyl groups is 1. The molecule has 2 amide bonds. The molecular formula is C38H45FN6O4Si. The topological polar surface area (TPSA) is 122 Å². The van der Waals surface area contributed by atoms with Crippen molar-refractivity contribution in [1.29, 1.82) is 0 Å². The quantitative estimate of drug-likeness (QED) is 0.140. The van der Waals surface area contributed by atoms with Gasteiger partial charge >= 0.3 is 0 Å². The van der Waals surface area contributed by atoms with Gasteiger partial charge in [-0.25, -0.2) is 0 Å². The molecule has 7 rings (SSSR count). The Kier molecular flexibility index (Phi) is 9.46. The number of ether oxygens (including phenoxy) is 1. The lowest BCUT2D eigenvalue weighted by Gasteiger charge is -2.31. The first-order chi connectivity index (χ1) is 24.1. The number of halogens is 1. The maximum atomic E-state index is 16.3. The SMILES string of the molecule is C[C@H]1[C@H]([Si](C)(C)F)[C@@H](CCn2cc(C(CO)c3ccccc3)nn2)O[C@]12C(=O)N(Cc1ccc(NC(=O)[C@H]3CCCN3)cc1)c1ccccc12. The highest BCUT2D eigenvalue weighted by Crippen LogP contribution is 2.60. The maximum absolute atomic E-state index is 16.3. The lowest BCUT2D eigenvalue weighted by molar-refractivity contribution is -0.146. The molecule has 0 aliphatic carbocycles. The van der Waals surface area contributed by atoms with E-state index in [2.05, 4.69) is 20.9 Å². The zero-order valence-corrected chi connectivity index (χ0v) is 29.8. The van der Waals surface area contributed by atoms with Crippen molar-refractivity contribution in [3.05, 3.63) is 107 Å². The number of amides is 2. The molecule has 0 radical (unpaired) electrons. The molecule has 1 spiro atoms. The fourth-order valence-electron chi connectivity index (χ4n) is 8.34. The minimum absolute atomic E-state index is 0.0394. The van der Waals surface area contributed by atoms with Crippen LogP contribution in [0.1, 0.15) is 54.5 Å². The van der Waals surface area contributed by atoms with Crippen molar-refractivity contribution in [3.63, 3.8) is 0 Å². The molecule has 50 heavy (non-hydrogen) atoms. The number of aromatic nitrogens is 3. The van der Waals surface area contributed by atoms with Gasteiger partial charge in [-0.1, -0.05) is 72.8 Å². The van der Waals surface area contributed by atoms with Gasteiger partial charge in [-0.3, -0.25) is 14.3 Å². The van der Waals surface area contributed by atoms with Gasteiger partial charge in [0.25, 0.3) is 5.91 Å². The van der Waals surface area contributed by atoms with Gasteiger partial charge in [0.2, 0.25) is 14.3 Å². The van der Waals surface area contributed by atoms with E-state index in [1.165, 1.54) is 0 Å². The summed E-state index contributed by atoms with van der Waals surface area (Å²) < 4.78 is 24.9. The Morgan fingerprint density at radius 2 is 1.86 bits per heavy atom. The number of anilines is 2. The monoisotopic (exact) mass is 696 g/mol. The van der Waals surface area contributed by atoms with Crippen molar-refractivity contribution in [3.8, 4) is 0 Å². The molecule has 3 aliphatic rings. The number of nitrogens with one attached hydrogen (secondary N) is 2. The average Bonchev–Trinajstić information content (AvgIpc) is 3.91. The van der Waals surface area contributed by atoms with E-state index in [1.54, 1.807) is 22.7 Å². The second-order valence-corrected chi connectivity index (χ2v) is 18.2. The second-order valence-electron chi connectivity index (χ2n) is 14.4. The molecule has 2 fully saturated rings. The van der Waals surface area contributed by atoms with Crippen LogP contribution in [0.3, 0.4) is 0 Å². The van der Waals surface area contributed by atoms with Crippen LogP contribution in [0.4, 0.5) is 15.5 Å². The van der Waals surface area contributed by atoms with Gasteiger partial charge in [0.05, 0.1) is 42.6 Å². The normalized spacial score (nSPS) is 25.3. The summed E-state index contributed by atoms with van der Waals surface area (Å²) in [4.78, 5) is 29.0. The molecule has 6 atom stereocenters. The van der Waals surface area contributed by atoms with Crippen LogP contribution >= 0.6 is 0 Å². The molecule has 10 nitrogen and oxygen atoms in total. The van der Waals surface area contributed by atoms with Crippen molar-refractivity contribution >= 4 is 31.6 Å². The predicted molar refractivity (Wildman–Crippen MR) is 192 cm³/mol. The summed E-state index contributed by atoms with van der Waals surface area (Å²) in [5, 5.41) is 25.0. The minimum atomic E-state index is -3.33. The lowest BCUT2D eigenvalue weighted by atomic mass is 9.82. The van der Waals surface area contributed by atoms with Crippen LogP contribution in [0, 0.1) is 5.92 Å². The van der Waals surface area contributed by atoms with E-state index in [0.717, 1.165) is 41.8 Å². The van der Waals surface area contributed by atoms with Gasteiger partial charge in [0.1, 0.15) is 0 Å². The van der Waals surface area contributed by atoms with Crippen LogP contribution in [0.2, 0.25) is 18.6 Å². The molecule has 2 saturated heterocycles. The van der Waals surface area contributed by atoms with Gasteiger partial charge in [-0.2, -0.15) is 0 Å². The van der Waals surface area contributed by atoms with Gasteiger partial charge in [-0.05, 0) is 68.2 Å². The van der Waals surface area contributed by atoms with Crippen LogP contribution in [0.5, 0.6) is 0 Å². The molecule has 262 valence electrons. The highest BCUT2D eigenvalue weighted by atomic mass is 28.4. The van der Waals surface area contributed by atoms with E-state index in [4.69, 9.17) is 4.74 Å². The smallest absolute Gasteiger partial charge is 0.264 e. The van der Waals surface area contributed by atoms with Crippen LogP contribution in [-0.2, 0) is 33.0 Å². The maximum Gasteiger partial charge on any atom is 0.264 e. The first kappa shape index (κ1) is 34.2. The Morgan fingerprint density at radius 1 is 1.12 bits per heavy atom. The van der Waals surface area contributed by atoms with Crippen molar-refractivity contribution in [2.45, 2.75) is 81.6 Å². The third kappa shape index (κ3) is 6.30. The summed E-state index contributed by atoms with van der Waals surface area (Å²) >= 11 is 0. The third-order valence-corrected chi connectivity index (χ3v) is 13.2. The van der Waals surface area contributed by atoms with Crippen LogP contribution < -0.4 is 15.5 Å². The number of hydrogen-bond acceptors (Lipinski definition) is 7. The third-order valence-electron chi connectivity index (χ3n) is 10.7. The van der Waals surface area contributed by atoms with E-state index in [1.807, 2.05) is 92.0 Å². The van der Waals surface area contributed by atoms with Crippen molar-refractivity contribution in [2.24, 2.45) is 5.92 Å². The molecule has 4 aromatic rings. The Hall–Kier alpha value is -4.23. The van der Waals surface area contributed by atoms with E-state index >= 15 is 4.11 Å². The Labute approximate surface area is 293 Å². The number of carbonyl (C=O) groups excluding carboxylic acids is 2. The summed E-state index contributed by atoms with van der Waals surface area (Å²) in [5.74, 6) is -0.924. The summed E-state index contributed by atoms with van der Waals surface area (Å²) in [6.45, 7) is 6.86. The average molecular weight is 697 g/mol. The van der Waals surface area contributed by atoms with Gasteiger partial charge in [0.15, 0.2) is 5.60 Å². The highest BCUT2D eigenvalue weighted by molar-refractivity contribution is 6.72. The largest absolute Gasteiger partial charge is 0.395 e. The zero-order chi connectivity index (χ0) is 35.0. The van der Waals surface area contributed by atoms with Gasteiger partial charge in [-0.15, -0.1) is 5.10 Å². The number of rotatable bonds is 11. The molecule has 12 heteroatoms. The lowest BCUT2D eigenvalue weighted by Crippen LogP contribution is -2.45. The van der Waals surface area contributed by atoms with Crippen molar-refractivity contribution < 1.29 is 23.5 Å². The molecule has 0 bridgehead atoms. The summed E-state index contributed by atoms with van der Waals surface area (Å²) in [6, 6.07) is 24.8. The van der Waals surface area contributed by atoms with Crippen LogP contribution in [0.15, 0.2) is 85.1 Å². The van der Waals surface area contributed by atoms with Crippen molar-refractivity contribution in [1.82, 2.24) is 20.3 Å². The number of fused-ring (bicyclic) bond motifs is 2. The second kappa shape index (κ2) is 13.8. The fourth-order valence-corrected chi connectivity index (χ4v) is 10.9. The summed E-state index contributed by atoms with van der Waals surface area (Å²) in [6.07, 6.45) is 3.58. The number of benzene rings is 3. The van der Waals surface area contributed by atoms with E-state index in [-0.39, 0.29) is 30.4 Å².